The van der Waals surface area contributed by atoms with Gasteiger partial charge in [-0.3, -0.25) is 0 Å². The largest absolute Gasteiger partial charge is 0.392 e. The lowest BCUT2D eigenvalue weighted by molar-refractivity contribution is 0.174. The van der Waals surface area contributed by atoms with Crippen LogP contribution in [0.25, 0.3) is 0 Å². The molecule has 0 radical (unpaired) electrons. The fourth-order valence-electron chi connectivity index (χ4n) is 1.91. The van der Waals surface area contributed by atoms with Gasteiger partial charge in [0.1, 0.15) is 5.82 Å². The molecular weight excluding hydrogens is 375 g/mol. The number of benzene rings is 2. The minimum atomic E-state index is -0.586. The highest BCUT2D eigenvalue weighted by molar-refractivity contribution is 9.10. The molecule has 2 aromatic carbocycles. The molecule has 4 heteroatoms. The number of hydrogen-bond acceptors (Lipinski definition) is 1. The third kappa shape index (κ3) is 4.41. The van der Waals surface area contributed by atoms with Crippen LogP contribution in [0, 0.1) is 5.82 Å². The number of aliphatic hydroxyl groups excluding tert-OH is 1. The average Bonchev–Trinajstić information content (AvgIpc) is 2.36. The highest BCUT2D eigenvalue weighted by Crippen LogP contribution is 2.18. The average molecular weight is 388 g/mol. The second-order valence-electron chi connectivity index (χ2n) is 4.42. The zero-order valence-corrected chi connectivity index (χ0v) is 13.3. The molecule has 1 nitrogen and oxygen atoms in total. The van der Waals surface area contributed by atoms with E-state index in [9.17, 15) is 9.50 Å². The van der Waals surface area contributed by atoms with E-state index in [4.69, 9.17) is 0 Å². The van der Waals surface area contributed by atoms with E-state index in [1.54, 1.807) is 12.1 Å². The van der Waals surface area contributed by atoms with Crippen LogP contribution >= 0.6 is 31.9 Å². The van der Waals surface area contributed by atoms with Gasteiger partial charge in [-0.2, -0.15) is 0 Å². The highest BCUT2D eigenvalue weighted by atomic mass is 79.9. The van der Waals surface area contributed by atoms with E-state index in [-0.39, 0.29) is 5.82 Å². The molecule has 0 saturated heterocycles. The molecule has 1 unspecified atom stereocenters. The molecule has 100 valence electrons. The van der Waals surface area contributed by atoms with Gasteiger partial charge in [0, 0.05) is 15.4 Å². The highest BCUT2D eigenvalue weighted by Gasteiger charge is 2.10. The molecule has 2 aromatic rings. The predicted molar refractivity (Wildman–Crippen MR) is 81.7 cm³/mol. The van der Waals surface area contributed by atoms with Gasteiger partial charge in [-0.15, -0.1) is 0 Å². The lowest BCUT2D eigenvalue weighted by Gasteiger charge is -2.11. The van der Waals surface area contributed by atoms with E-state index in [0.717, 1.165) is 10.0 Å². The summed E-state index contributed by atoms with van der Waals surface area (Å²) in [5, 5.41) is 10.0. The van der Waals surface area contributed by atoms with E-state index in [0.29, 0.717) is 22.9 Å². The van der Waals surface area contributed by atoms with Crippen LogP contribution in [-0.2, 0) is 12.8 Å². The van der Waals surface area contributed by atoms with Crippen molar-refractivity contribution in [2.75, 3.05) is 0 Å². The summed E-state index contributed by atoms with van der Waals surface area (Å²) >= 11 is 6.58. The van der Waals surface area contributed by atoms with Crippen LogP contribution in [0.5, 0.6) is 0 Å². The fraction of sp³-hybridized carbons (Fsp3) is 0.200. The number of halogens is 3. The lowest BCUT2D eigenvalue weighted by Crippen LogP contribution is -2.14. The Bertz CT molecular complexity index is 555. The van der Waals surface area contributed by atoms with E-state index in [1.165, 1.54) is 6.07 Å². The monoisotopic (exact) mass is 386 g/mol. The molecule has 0 bridgehead atoms. The van der Waals surface area contributed by atoms with E-state index >= 15 is 0 Å². The SMILES string of the molecule is OC(Cc1ccc(Br)cc1)Cc1ccc(Br)cc1F. The number of hydrogen-bond donors (Lipinski definition) is 1. The Labute approximate surface area is 128 Å². The molecular formula is C15H13Br2FO. The summed E-state index contributed by atoms with van der Waals surface area (Å²) in [6, 6.07) is 12.7. The number of aliphatic hydroxyl groups is 1. The Balaban J connectivity index is 2.01. The summed E-state index contributed by atoms with van der Waals surface area (Å²) in [6.45, 7) is 0. The molecule has 0 heterocycles. The van der Waals surface area contributed by atoms with Gasteiger partial charge < -0.3 is 5.11 Å². The van der Waals surface area contributed by atoms with Gasteiger partial charge in [0.2, 0.25) is 0 Å². The molecule has 2 rings (SSSR count). The third-order valence-corrected chi connectivity index (χ3v) is 3.88. The van der Waals surface area contributed by atoms with Crippen molar-refractivity contribution in [2.24, 2.45) is 0 Å². The van der Waals surface area contributed by atoms with Gasteiger partial charge in [-0.25, -0.2) is 4.39 Å². The van der Waals surface area contributed by atoms with Crippen molar-refractivity contribution in [2.45, 2.75) is 18.9 Å². The fourth-order valence-corrected chi connectivity index (χ4v) is 2.50. The smallest absolute Gasteiger partial charge is 0.127 e. The van der Waals surface area contributed by atoms with E-state index in [2.05, 4.69) is 31.9 Å². The summed E-state index contributed by atoms with van der Waals surface area (Å²) in [6.07, 6.45) is 0.245. The minimum absolute atomic E-state index is 0.288. The maximum atomic E-state index is 13.7. The Hall–Kier alpha value is -0.710. The Morgan fingerprint density at radius 2 is 1.58 bits per heavy atom. The third-order valence-electron chi connectivity index (χ3n) is 2.86. The quantitative estimate of drug-likeness (QED) is 0.818. The summed E-state index contributed by atoms with van der Waals surface area (Å²) in [4.78, 5) is 0. The van der Waals surface area contributed by atoms with Gasteiger partial charge in [-0.1, -0.05) is 50.1 Å². The Morgan fingerprint density at radius 3 is 2.21 bits per heavy atom. The molecule has 1 N–H and O–H groups in total. The first-order valence-electron chi connectivity index (χ1n) is 5.91. The van der Waals surface area contributed by atoms with Gasteiger partial charge in [0.05, 0.1) is 6.10 Å². The first-order chi connectivity index (χ1) is 9.04. The molecule has 1 atom stereocenters. The second kappa shape index (κ2) is 6.64. The number of rotatable bonds is 4. The molecule has 0 aliphatic heterocycles. The lowest BCUT2D eigenvalue weighted by atomic mass is 10.0. The van der Waals surface area contributed by atoms with E-state index in [1.807, 2.05) is 24.3 Å². The van der Waals surface area contributed by atoms with Crippen LogP contribution in [-0.4, -0.2) is 11.2 Å². The normalized spacial score (nSPS) is 12.4. The van der Waals surface area contributed by atoms with Crippen molar-refractivity contribution in [3.8, 4) is 0 Å². The van der Waals surface area contributed by atoms with Crippen LogP contribution in [0.1, 0.15) is 11.1 Å². The Morgan fingerprint density at radius 1 is 0.947 bits per heavy atom. The van der Waals surface area contributed by atoms with Crippen molar-refractivity contribution in [1.29, 1.82) is 0 Å². The van der Waals surface area contributed by atoms with Crippen LogP contribution in [0.3, 0.4) is 0 Å². The van der Waals surface area contributed by atoms with Gasteiger partial charge >= 0.3 is 0 Å². The molecule has 19 heavy (non-hydrogen) atoms. The standard InChI is InChI=1S/C15H13Br2FO/c16-12-4-1-10(2-5-12)7-14(19)8-11-3-6-13(17)9-15(11)18/h1-6,9,14,19H,7-8H2. The van der Waals surface area contributed by atoms with Gasteiger partial charge in [0.15, 0.2) is 0 Å². The summed E-state index contributed by atoms with van der Waals surface area (Å²) < 4.78 is 15.4. The molecule has 0 fully saturated rings. The maximum absolute atomic E-state index is 13.7. The summed E-state index contributed by atoms with van der Waals surface area (Å²) in [7, 11) is 0. The van der Waals surface area contributed by atoms with Crippen LogP contribution in [0.15, 0.2) is 51.4 Å². The molecule has 0 aliphatic carbocycles. The predicted octanol–water partition coefficient (Wildman–Crippen LogP) is 4.50. The molecule has 0 saturated carbocycles. The zero-order valence-electron chi connectivity index (χ0n) is 10.1. The molecule has 0 aromatic heterocycles. The topological polar surface area (TPSA) is 20.2 Å². The molecule has 0 spiro atoms. The van der Waals surface area contributed by atoms with Gasteiger partial charge in [0.25, 0.3) is 0 Å². The Kier molecular flexibility index (Phi) is 5.13. The van der Waals surface area contributed by atoms with Gasteiger partial charge in [-0.05, 0) is 41.8 Å². The first-order valence-corrected chi connectivity index (χ1v) is 7.49. The van der Waals surface area contributed by atoms with Crippen molar-refractivity contribution in [3.63, 3.8) is 0 Å². The van der Waals surface area contributed by atoms with Crippen molar-refractivity contribution in [1.82, 2.24) is 0 Å². The van der Waals surface area contributed by atoms with Crippen molar-refractivity contribution < 1.29 is 9.50 Å². The van der Waals surface area contributed by atoms with Crippen LogP contribution in [0.4, 0.5) is 4.39 Å². The molecule has 0 amide bonds. The van der Waals surface area contributed by atoms with Crippen molar-refractivity contribution in [3.05, 3.63) is 68.4 Å². The van der Waals surface area contributed by atoms with Crippen molar-refractivity contribution >= 4 is 31.9 Å². The second-order valence-corrected chi connectivity index (χ2v) is 6.26. The minimum Gasteiger partial charge on any atom is -0.392 e. The maximum Gasteiger partial charge on any atom is 0.127 e. The van der Waals surface area contributed by atoms with E-state index < -0.39 is 6.10 Å². The van der Waals surface area contributed by atoms with Crippen LogP contribution in [0.2, 0.25) is 0 Å². The van der Waals surface area contributed by atoms with Crippen LogP contribution < -0.4 is 0 Å². The summed E-state index contributed by atoms with van der Waals surface area (Å²) in [5.41, 5.74) is 1.57. The zero-order chi connectivity index (χ0) is 13.8. The summed E-state index contributed by atoms with van der Waals surface area (Å²) in [5.74, 6) is -0.288. The molecule has 0 aliphatic rings. The first kappa shape index (κ1) is 14.7.